The molecule has 4 heterocycles. The minimum atomic E-state index is -0.997. The van der Waals surface area contributed by atoms with Gasteiger partial charge in [-0.05, 0) is 37.1 Å². The van der Waals surface area contributed by atoms with Crippen molar-refractivity contribution in [2.75, 3.05) is 25.1 Å². The molecule has 2 amide bonds. The van der Waals surface area contributed by atoms with E-state index in [4.69, 9.17) is 4.74 Å². The highest BCUT2D eigenvalue weighted by molar-refractivity contribution is 5.98. The van der Waals surface area contributed by atoms with Crippen LogP contribution in [0.15, 0.2) is 55.1 Å². The second-order valence-electron chi connectivity index (χ2n) is 8.99. The number of benzene rings is 1. The summed E-state index contributed by atoms with van der Waals surface area (Å²) < 4.78 is 35.7. The zero-order valence-electron chi connectivity index (χ0n) is 20.4. The Hall–Kier alpha value is -4.21. The topological polar surface area (TPSA) is 88.5 Å². The second-order valence-corrected chi connectivity index (χ2v) is 8.99. The minimum absolute atomic E-state index is 0.149. The number of amides is 2. The summed E-state index contributed by atoms with van der Waals surface area (Å²) in [5.41, 5.74) is 7.04. The van der Waals surface area contributed by atoms with Crippen molar-refractivity contribution in [2.45, 2.75) is 32.2 Å². The van der Waals surface area contributed by atoms with Crippen LogP contribution in [-0.4, -0.2) is 52.1 Å². The van der Waals surface area contributed by atoms with Crippen molar-refractivity contribution < 1.29 is 23.1 Å². The number of aromatic nitrogens is 2. The predicted molar refractivity (Wildman–Crippen MR) is 134 cm³/mol. The zero-order valence-corrected chi connectivity index (χ0v) is 20.4. The van der Waals surface area contributed by atoms with Gasteiger partial charge in [-0.2, -0.15) is 0 Å². The lowest BCUT2D eigenvalue weighted by Gasteiger charge is -2.40. The molecule has 3 aromatic rings. The number of ether oxygens (including phenoxy) is 1. The van der Waals surface area contributed by atoms with Crippen LogP contribution in [-0.2, 0) is 17.6 Å². The molecule has 2 aliphatic heterocycles. The number of carbonyl (C=O) groups excluding carboxylic acids is 2. The molecule has 2 aromatic heterocycles. The molecule has 5 rings (SSSR count). The van der Waals surface area contributed by atoms with Crippen molar-refractivity contribution in [1.29, 1.82) is 0 Å². The fourth-order valence-corrected chi connectivity index (χ4v) is 4.78. The van der Waals surface area contributed by atoms with Crippen LogP contribution >= 0.6 is 0 Å². The summed E-state index contributed by atoms with van der Waals surface area (Å²) in [5.74, 6) is -1.79. The number of likely N-dealkylation sites (tertiary alicyclic amines) is 1. The molecule has 8 nitrogen and oxygen atoms in total. The molecule has 0 radical (unpaired) electrons. The highest BCUT2D eigenvalue weighted by Crippen LogP contribution is 2.35. The van der Waals surface area contributed by atoms with E-state index in [9.17, 15) is 18.4 Å². The first kappa shape index (κ1) is 24.5. The number of anilines is 1. The molecule has 0 spiro atoms. The van der Waals surface area contributed by atoms with Crippen LogP contribution in [0.2, 0.25) is 0 Å². The van der Waals surface area contributed by atoms with Crippen LogP contribution in [0.4, 0.5) is 14.5 Å². The molecule has 2 N–H and O–H groups in total. The third-order valence-electron chi connectivity index (χ3n) is 6.83. The van der Waals surface area contributed by atoms with E-state index in [0.717, 1.165) is 5.69 Å². The molecule has 2 aliphatic rings. The van der Waals surface area contributed by atoms with Crippen LogP contribution in [0.1, 0.15) is 35.0 Å². The maximum Gasteiger partial charge on any atom is 0.282 e. The highest BCUT2D eigenvalue weighted by atomic mass is 19.1. The fraction of sp³-hybridized carbons (Fsp3) is 0.296. The summed E-state index contributed by atoms with van der Waals surface area (Å²) in [5, 5.41) is 2.86. The van der Waals surface area contributed by atoms with Gasteiger partial charge in [0.25, 0.3) is 11.8 Å². The first-order valence-electron chi connectivity index (χ1n) is 12.2. The standard InChI is InChI=1S/C27H27F2N5O3/c1-3-18-21(29)5-4-6-22(18)32-34-23-8-11-31-26(35)20(23)13-24(34)19-7-10-30-14-25(19)37-15-17-9-12-33(17)27(36)16(2)28/h4-7,10,13-14,17,32H,2-3,8-9,11-12,15H2,1H3,(H,31,35)/t17-/m1/s1. The summed E-state index contributed by atoms with van der Waals surface area (Å²) in [6.07, 6.45) is 4.92. The molecule has 0 saturated carbocycles. The third-order valence-corrected chi connectivity index (χ3v) is 6.83. The van der Waals surface area contributed by atoms with Crippen LogP contribution in [0.3, 0.4) is 0 Å². The van der Waals surface area contributed by atoms with Gasteiger partial charge < -0.3 is 15.0 Å². The number of rotatable bonds is 8. The van der Waals surface area contributed by atoms with Gasteiger partial charge in [-0.1, -0.05) is 19.6 Å². The first-order chi connectivity index (χ1) is 17.9. The average Bonchev–Trinajstić information content (AvgIpc) is 3.23. The number of halogens is 2. The first-order valence-corrected chi connectivity index (χ1v) is 12.2. The molecule has 10 heteroatoms. The molecular weight excluding hydrogens is 480 g/mol. The van der Waals surface area contributed by atoms with Gasteiger partial charge >= 0.3 is 0 Å². The van der Waals surface area contributed by atoms with Crippen molar-refractivity contribution >= 4 is 17.5 Å². The quantitative estimate of drug-likeness (QED) is 0.452. The molecule has 1 fully saturated rings. The van der Waals surface area contributed by atoms with E-state index in [1.54, 1.807) is 41.3 Å². The summed E-state index contributed by atoms with van der Waals surface area (Å²) in [6, 6.07) is 8.12. The number of nitrogens with zero attached hydrogens (tertiary/aromatic N) is 3. The van der Waals surface area contributed by atoms with Gasteiger partial charge in [-0.3, -0.25) is 24.7 Å². The van der Waals surface area contributed by atoms with Gasteiger partial charge in [0.2, 0.25) is 0 Å². The van der Waals surface area contributed by atoms with Crippen LogP contribution in [0.5, 0.6) is 5.75 Å². The summed E-state index contributed by atoms with van der Waals surface area (Å²) in [6.45, 7) is 6.04. The molecule has 1 saturated heterocycles. The van der Waals surface area contributed by atoms with Gasteiger partial charge in [0.15, 0.2) is 5.83 Å². The van der Waals surface area contributed by atoms with Crippen molar-refractivity contribution in [2.24, 2.45) is 0 Å². The van der Waals surface area contributed by atoms with Crippen molar-refractivity contribution in [3.63, 3.8) is 0 Å². The maximum absolute atomic E-state index is 14.5. The van der Waals surface area contributed by atoms with Crippen LogP contribution in [0, 0.1) is 5.82 Å². The molecule has 1 atom stereocenters. The Morgan fingerprint density at radius 2 is 2.16 bits per heavy atom. The predicted octanol–water partition coefficient (Wildman–Crippen LogP) is 3.88. The lowest BCUT2D eigenvalue weighted by molar-refractivity contribution is -0.137. The van der Waals surface area contributed by atoms with Gasteiger partial charge in [-0.15, -0.1) is 0 Å². The molecule has 0 unspecified atom stereocenters. The van der Waals surface area contributed by atoms with E-state index in [-0.39, 0.29) is 24.4 Å². The van der Waals surface area contributed by atoms with Crippen LogP contribution < -0.4 is 15.5 Å². The van der Waals surface area contributed by atoms with E-state index >= 15 is 0 Å². The molecular formula is C27H27F2N5O3. The highest BCUT2D eigenvalue weighted by Gasteiger charge is 2.34. The van der Waals surface area contributed by atoms with Gasteiger partial charge in [0, 0.05) is 36.8 Å². The largest absolute Gasteiger partial charge is 0.489 e. The number of fused-ring (bicyclic) bond motifs is 1. The fourth-order valence-electron chi connectivity index (χ4n) is 4.78. The summed E-state index contributed by atoms with van der Waals surface area (Å²) in [4.78, 5) is 30.2. The Kier molecular flexibility index (Phi) is 6.64. The Labute approximate surface area is 212 Å². The summed E-state index contributed by atoms with van der Waals surface area (Å²) in [7, 11) is 0. The number of pyridine rings is 1. The van der Waals surface area contributed by atoms with Gasteiger partial charge in [0.05, 0.1) is 34.9 Å². The summed E-state index contributed by atoms with van der Waals surface area (Å²) >= 11 is 0. The van der Waals surface area contributed by atoms with E-state index in [0.29, 0.717) is 66.2 Å². The Morgan fingerprint density at radius 1 is 1.32 bits per heavy atom. The van der Waals surface area contributed by atoms with E-state index in [1.165, 1.54) is 11.0 Å². The number of nitrogens with one attached hydrogen (secondary N) is 2. The second kappa shape index (κ2) is 10.0. The average molecular weight is 508 g/mol. The van der Waals surface area contributed by atoms with Gasteiger partial charge in [-0.25, -0.2) is 8.78 Å². The van der Waals surface area contributed by atoms with E-state index < -0.39 is 11.7 Å². The minimum Gasteiger partial charge on any atom is -0.489 e. The van der Waals surface area contributed by atoms with Crippen LogP contribution in [0.25, 0.3) is 11.3 Å². The Bertz CT molecular complexity index is 1390. The Morgan fingerprint density at radius 3 is 2.89 bits per heavy atom. The smallest absolute Gasteiger partial charge is 0.282 e. The third kappa shape index (κ3) is 4.54. The van der Waals surface area contributed by atoms with E-state index in [2.05, 4.69) is 22.3 Å². The van der Waals surface area contributed by atoms with Crippen molar-refractivity contribution in [3.05, 3.63) is 77.8 Å². The number of carbonyl (C=O) groups is 2. The molecule has 1 aromatic carbocycles. The lowest BCUT2D eigenvalue weighted by atomic mass is 10.0. The molecule has 37 heavy (non-hydrogen) atoms. The van der Waals surface area contributed by atoms with Gasteiger partial charge in [0.1, 0.15) is 18.2 Å². The number of hydrogen-bond acceptors (Lipinski definition) is 5. The Balaban J connectivity index is 1.51. The van der Waals surface area contributed by atoms with Crippen molar-refractivity contribution in [1.82, 2.24) is 19.9 Å². The van der Waals surface area contributed by atoms with E-state index in [1.807, 2.05) is 6.92 Å². The maximum atomic E-state index is 14.5. The number of hydrogen-bond donors (Lipinski definition) is 2. The zero-order chi connectivity index (χ0) is 26.1. The SMILES string of the molecule is C=C(F)C(=O)N1CC[C@@H]1COc1cnccc1-c1cc2c(n1Nc1cccc(F)c1CC)CCNC2=O. The normalized spacial score (nSPS) is 16.5. The van der Waals surface area contributed by atoms with Crippen molar-refractivity contribution in [3.8, 4) is 17.0 Å². The molecule has 192 valence electrons. The molecule has 0 bridgehead atoms. The monoisotopic (exact) mass is 507 g/mol. The molecule has 0 aliphatic carbocycles. The lowest BCUT2D eigenvalue weighted by Crippen LogP contribution is -2.54.